The lowest BCUT2D eigenvalue weighted by Gasteiger charge is -2.24. The summed E-state index contributed by atoms with van der Waals surface area (Å²) < 4.78 is 0. The van der Waals surface area contributed by atoms with E-state index in [0.717, 1.165) is 5.56 Å². The fourth-order valence-corrected chi connectivity index (χ4v) is 2.34. The maximum atomic E-state index is 11.8. The van der Waals surface area contributed by atoms with Gasteiger partial charge in [-0.3, -0.25) is 9.59 Å². The highest BCUT2D eigenvalue weighted by atomic mass is 35.5. The van der Waals surface area contributed by atoms with Gasteiger partial charge >= 0.3 is 5.97 Å². The van der Waals surface area contributed by atoms with Crippen LogP contribution in [0, 0.1) is 0 Å². The van der Waals surface area contributed by atoms with Crippen molar-refractivity contribution in [3.8, 4) is 0 Å². The number of carbonyl (C=O) groups excluding carboxylic acids is 1. The molecule has 2 N–H and O–H groups in total. The number of hydrogen-bond acceptors (Lipinski definition) is 2. The molecule has 0 radical (unpaired) electrons. The average molecular weight is 318 g/mol. The lowest BCUT2D eigenvalue weighted by atomic mass is 10.00. The molecule has 0 atom stereocenters. The average Bonchev–Trinajstić information content (AvgIpc) is 2.24. The highest BCUT2D eigenvalue weighted by Gasteiger charge is 2.23. The van der Waals surface area contributed by atoms with Gasteiger partial charge in [-0.1, -0.05) is 29.3 Å². The molecule has 6 heteroatoms. The molecule has 0 aliphatic carbocycles. The summed E-state index contributed by atoms with van der Waals surface area (Å²) in [6.45, 7) is 3.35. The second-order valence-corrected chi connectivity index (χ2v) is 6.08. The molecule has 0 aromatic heterocycles. The third-order valence-electron chi connectivity index (χ3n) is 2.71. The molecule has 110 valence electrons. The van der Waals surface area contributed by atoms with Gasteiger partial charge < -0.3 is 10.4 Å². The molecular weight excluding hydrogens is 301 g/mol. The van der Waals surface area contributed by atoms with Crippen LogP contribution >= 0.6 is 23.2 Å². The van der Waals surface area contributed by atoms with Gasteiger partial charge in [0.2, 0.25) is 5.91 Å². The van der Waals surface area contributed by atoms with Gasteiger partial charge in [-0.05, 0) is 38.0 Å². The van der Waals surface area contributed by atoms with Crippen LogP contribution in [0.15, 0.2) is 18.2 Å². The molecule has 20 heavy (non-hydrogen) atoms. The minimum atomic E-state index is -0.948. The molecule has 1 amide bonds. The number of hydrogen-bond donors (Lipinski definition) is 2. The minimum absolute atomic E-state index is 0.125. The van der Waals surface area contributed by atoms with E-state index in [-0.39, 0.29) is 18.7 Å². The molecule has 1 aromatic carbocycles. The Balaban J connectivity index is 2.53. The van der Waals surface area contributed by atoms with Crippen LogP contribution in [0.2, 0.25) is 10.0 Å². The number of nitrogens with one attached hydrogen (secondary N) is 1. The van der Waals surface area contributed by atoms with Crippen LogP contribution in [0.5, 0.6) is 0 Å². The Morgan fingerprint density at radius 3 is 2.50 bits per heavy atom. The number of halogens is 2. The molecule has 0 spiro atoms. The number of carboxylic acid groups (broad SMARTS) is 1. The predicted molar refractivity (Wildman–Crippen MR) is 79.3 cm³/mol. The van der Waals surface area contributed by atoms with Crippen LogP contribution in [0.25, 0.3) is 0 Å². The summed E-state index contributed by atoms with van der Waals surface area (Å²) in [7, 11) is 0. The van der Waals surface area contributed by atoms with Crippen molar-refractivity contribution in [2.45, 2.75) is 38.6 Å². The van der Waals surface area contributed by atoms with E-state index in [2.05, 4.69) is 5.32 Å². The number of carbonyl (C=O) groups is 2. The largest absolute Gasteiger partial charge is 0.481 e. The second-order valence-electron chi connectivity index (χ2n) is 5.24. The van der Waals surface area contributed by atoms with Crippen LogP contribution in [0.1, 0.15) is 32.3 Å². The van der Waals surface area contributed by atoms with E-state index in [1.807, 2.05) is 0 Å². The Labute approximate surface area is 128 Å². The first-order valence-corrected chi connectivity index (χ1v) is 6.92. The highest BCUT2D eigenvalue weighted by Crippen LogP contribution is 2.22. The van der Waals surface area contributed by atoms with E-state index in [4.69, 9.17) is 28.3 Å². The summed E-state index contributed by atoms with van der Waals surface area (Å²) in [6.07, 6.45) is 0.593. The van der Waals surface area contributed by atoms with Crippen LogP contribution in [-0.4, -0.2) is 22.5 Å². The zero-order valence-corrected chi connectivity index (χ0v) is 12.9. The lowest BCUT2D eigenvalue weighted by molar-refractivity contribution is -0.138. The van der Waals surface area contributed by atoms with Crippen molar-refractivity contribution >= 4 is 35.1 Å². The van der Waals surface area contributed by atoms with Crippen molar-refractivity contribution in [3.05, 3.63) is 33.8 Å². The number of aliphatic carboxylic acids is 1. The quantitative estimate of drug-likeness (QED) is 0.846. The molecule has 4 nitrogen and oxygen atoms in total. The van der Waals surface area contributed by atoms with Crippen molar-refractivity contribution in [3.63, 3.8) is 0 Å². The van der Waals surface area contributed by atoms with E-state index in [1.165, 1.54) is 0 Å². The molecule has 0 heterocycles. The third kappa shape index (κ3) is 5.80. The van der Waals surface area contributed by atoms with E-state index in [0.29, 0.717) is 16.5 Å². The van der Waals surface area contributed by atoms with E-state index >= 15 is 0 Å². The van der Waals surface area contributed by atoms with Gasteiger partial charge in [0.25, 0.3) is 0 Å². The Bertz CT molecular complexity index is 515. The Morgan fingerprint density at radius 1 is 1.30 bits per heavy atom. The molecule has 0 aliphatic rings. The highest BCUT2D eigenvalue weighted by molar-refractivity contribution is 6.35. The predicted octanol–water partition coefficient (Wildman–Crippen LogP) is 3.30. The van der Waals surface area contributed by atoms with Crippen LogP contribution in [-0.2, 0) is 16.0 Å². The van der Waals surface area contributed by atoms with Crippen LogP contribution < -0.4 is 5.32 Å². The summed E-state index contributed by atoms with van der Waals surface area (Å²) in [4.78, 5) is 22.5. The standard InChI is InChI=1S/C14H17Cl2NO3/c1-14(2,8-13(19)20)17-12(18)6-4-9-3-5-10(15)7-11(9)16/h3,5,7H,4,6,8H2,1-2H3,(H,17,18)(H,19,20). The number of rotatable bonds is 6. The monoisotopic (exact) mass is 317 g/mol. The van der Waals surface area contributed by atoms with Gasteiger partial charge in [-0.25, -0.2) is 0 Å². The first-order valence-electron chi connectivity index (χ1n) is 6.16. The van der Waals surface area contributed by atoms with Gasteiger partial charge in [0, 0.05) is 22.0 Å². The summed E-state index contributed by atoms with van der Waals surface area (Å²) in [5.41, 5.74) is 0.0643. The molecule has 1 aromatic rings. The molecule has 1 rings (SSSR count). The Hall–Kier alpha value is -1.26. The number of aryl methyl sites for hydroxylation is 1. The third-order valence-corrected chi connectivity index (χ3v) is 3.29. The number of benzene rings is 1. The topological polar surface area (TPSA) is 66.4 Å². The van der Waals surface area contributed by atoms with E-state index in [1.54, 1.807) is 32.0 Å². The van der Waals surface area contributed by atoms with Crippen molar-refractivity contribution in [2.24, 2.45) is 0 Å². The second kappa shape index (κ2) is 6.95. The fraction of sp³-hybridized carbons (Fsp3) is 0.429. The van der Waals surface area contributed by atoms with Gasteiger partial charge in [0.1, 0.15) is 0 Å². The lowest BCUT2D eigenvalue weighted by Crippen LogP contribution is -2.45. The number of amides is 1. The summed E-state index contributed by atoms with van der Waals surface area (Å²) in [6, 6.07) is 5.13. The summed E-state index contributed by atoms with van der Waals surface area (Å²) in [5, 5.41) is 12.5. The molecular formula is C14H17Cl2NO3. The first kappa shape index (κ1) is 16.8. The molecule has 0 saturated heterocycles. The first-order chi connectivity index (χ1) is 9.19. The van der Waals surface area contributed by atoms with Crippen molar-refractivity contribution in [2.75, 3.05) is 0 Å². The molecule has 0 saturated carbocycles. The van der Waals surface area contributed by atoms with E-state index in [9.17, 15) is 9.59 Å². The zero-order chi connectivity index (χ0) is 15.3. The summed E-state index contributed by atoms with van der Waals surface area (Å²) in [5.74, 6) is -1.15. The number of carboxylic acids is 1. The molecule has 0 aliphatic heterocycles. The smallest absolute Gasteiger partial charge is 0.305 e. The van der Waals surface area contributed by atoms with Crippen LogP contribution in [0.4, 0.5) is 0 Å². The normalized spacial score (nSPS) is 11.2. The summed E-state index contributed by atoms with van der Waals surface area (Å²) >= 11 is 11.8. The van der Waals surface area contributed by atoms with E-state index < -0.39 is 11.5 Å². The molecule has 0 bridgehead atoms. The Kier molecular flexibility index (Phi) is 5.84. The van der Waals surface area contributed by atoms with Gasteiger partial charge in [0.05, 0.1) is 6.42 Å². The van der Waals surface area contributed by atoms with Crippen molar-refractivity contribution < 1.29 is 14.7 Å². The molecule has 0 unspecified atom stereocenters. The van der Waals surface area contributed by atoms with Gasteiger partial charge in [-0.2, -0.15) is 0 Å². The maximum absolute atomic E-state index is 11.8. The Morgan fingerprint density at radius 2 is 1.95 bits per heavy atom. The zero-order valence-electron chi connectivity index (χ0n) is 11.4. The maximum Gasteiger partial charge on any atom is 0.305 e. The van der Waals surface area contributed by atoms with Crippen molar-refractivity contribution in [1.29, 1.82) is 0 Å². The molecule has 0 fully saturated rings. The van der Waals surface area contributed by atoms with Gasteiger partial charge in [0.15, 0.2) is 0 Å². The SMILES string of the molecule is CC(C)(CC(=O)O)NC(=O)CCc1ccc(Cl)cc1Cl. The minimum Gasteiger partial charge on any atom is -0.481 e. The van der Waals surface area contributed by atoms with Crippen molar-refractivity contribution in [1.82, 2.24) is 5.32 Å². The van der Waals surface area contributed by atoms with Gasteiger partial charge in [-0.15, -0.1) is 0 Å². The van der Waals surface area contributed by atoms with Crippen LogP contribution in [0.3, 0.4) is 0 Å². The fourth-order valence-electron chi connectivity index (χ4n) is 1.83.